The number of carbonyl (C=O) groups excluding carboxylic acids is 1. The fourth-order valence-corrected chi connectivity index (χ4v) is 11.4. The van der Waals surface area contributed by atoms with Crippen molar-refractivity contribution in [3.05, 3.63) is 36.0 Å². The second-order valence-electron chi connectivity index (χ2n) is 18.3. The Morgan fingerprint density at radius 2 is 1.49 bits per heavy atom. The van der Waals surface area contributed by atoms with Gasteiger partial charge in [0.15, 0.2) is 0 Å². The standard InChI is InChI=1S/C47H80O2/c1-7-8-9-10-11-12-13-14-15-16-17-18-19-20-21-22-23-27-45(48)49-40-32-34-46(5)39(36-40)28-29-41-43-31-30-42(38(4)26-24-25-37(2)3)47(43,6)35-33-44(41)46/h11-12,14-15,28,37-38,40-44H,7-10,13,16-27,29-36H2,1-6H3/b12-11-,15-14-/t38-,40+,41+,42-,43+,44+,46+,47-/m1/s1. The highest BCUT2D eigenvalue weighted by Crippen LogP contribution is 2.67. The summed E-state index contributed by atoms with van der Waals surface area (Å²) in [5.41, 5.74) is 2.52. The molecule has 0 heterocycles. The lowest BCUT2D eigenvalue weighted by Gasteiger charge is -2.58. The van der Waals surface area contributed by atoms with E-state index in [4.69, 9.17) is 4.74 Å². The molecule has 0 N–H and O–H groups in total. The summed E-state index contributed by atoms with van der Waals surface area (Å²) in [6.07, 6.45) is 43.5. The third-order valence-corrected chi connectivity index (χ3v) is 14.4. The number of hydrogen-bond donors (Lipinski definition) is 0. The van der Waals surface area contributed by atoms with Crippen molar-refractivity contribution in [3.8, 4) is 0 Å². The molecule has 0 bridgehead atoms. The SMILES string of the molecule is CCCCC/C=C\C/C=C\CCCCCCCCCC(=O)O[C@H]1CC[C@@]2(C)C(=CC[C@H]3[C@@H]4CC[C@H]([C@H](C)CCCC(C)C)[C@@]4(C)CC[C@@H]32)C1. The summed E-state index contributed by atoms with van der Waals surface area (Å²) >= 11 is 0. The van der Waals surface area contributed by atoms with Crippen LogP contribution in [-0.4, -0.2) is 12.1 Å². The summed E-state index contributed by atoms with van der Waals surface area (Å²) in [6, 6.07) is 0. The molecule has 0 unspecified atom stereocenters. The van der Waals surface area contributed by atoms with Gasteiger partial charge in [-0.25, -0.2) is 0 Å². The Hall–Kier alpha value is -1.31. The van der Waals surface area contributed by atoms with Crippen molar-refractivity contribution in [2.24, 2.45) is 46.3 Å². The molecular formula is C47H80O2. The van der Waals surface area contributed by atoms with Crippen LogP contribution >= 0.6 is 0 Å². The summed E-state index contributed by atoms with van der Waals surface area (Å²) in [5.74, 6) is 5.31. The van der Waals surface area contributed by atoms with Crippen LogP contribution in [0.3, 0.4) is 0 Å². The minimum atomic E-state index is 0.0541. The summed E-state index contributed by atoms with van der Waals surface area (Å²) in [5, 5.41) is 0. The molecule has 49 heavy (non-hydrogen) atoms. The van der Waals surface area contributed by atoms with Crippen molar-refractivity contribution in [2.75, 3.05) is 0 Å². The highest BCUT2D eigenvalue weighted by atomic mass is 16.5. The van der Waals surface area contributed by atoms with Gasteiger partial charge in [-0.3, -0.25) is 4.79 Å². The van der Waals surface area contributed by atoms with E-state index in [1.54, 1.807) is 5.57 Å². The monoisotopic (exact) mass is 677 g/mol. The van der Waals surface area contributed by atoms with Gasteiger partial charge in [0, 0.05) is 12.8 Å². The maximum absolute atomic E-state index is 12.8. The van der Waals surface area contributed by atoms with E-state index in [1.165, 1.54) is 122 Å². The van der Waals surface area contributed by atoms with E-state index < -0.39 is 0 Å². The van der Waals surface area contributed by atoms with Crippen LogP contribution in [0, 0.1) is 46.3 Å². The van der Waals surface area contributed by atoms with E-state index in [2.05, 4.69) is 71.9 Å². The number of ether oxygens (including phenoxy) is 1. The molecular weight excluding hydrogens is 597 g/mol. The van der Waals surface area contributed by atoms with E-state index in [-0.39, 0.29) is 12.1 Å². The number of unbranched alkanes of at least 4 members (excludes halogenated alkanes) is 10. The molecule has 0 saturated heterocycles. The lowest BCUT2D eigenvalue weighted by molar-refractivity contribution is -0.151. The molecule has 4 rings (SSSR count). The van der Waals surface area contributed by atoms with Crippen molar-refractivity contribution >= 4 is 5.97 Å². The lowest BCUT2D eigenvalue weighted by Crippen LogP contribution is -2.51. The van der Waals surface area contributed by atoms with E-state index in [1.807, 2.05) is 0 Å². The third kappa shape index (κ3) is 11.6. The zero-order valence-corrected chi connectivity index (χ0v) is 33.4. The first-order valence-electron chi connectivity index (χ1n) is 21.9. The molecule has 0 amide bonds. The maximum atomic E-state index is 12.8. The number of rotatable bonds is 22. The van der Waals surface area contributed by atoms with Crippen LogP contribution in [-0.2, 0) is 9.53 Å². The predicted molar refractivity (Wildman–Crippen MR) is 212 cm³/mol. The number of hydrogen-bond acceptors (Lipinski definition) is 2. The van der Waals surface area contributed by atoms with Gasteiger partial charge in [0.2, 0.25) is 0 Å². The molecule has 2 nitrogen and oxygen atoms in total. The number of carbonyl (C=O) groups is 1. The molecule has 0 aromatic heterocycles. The van der Waals surface area contributed by atoms with E-state index >= 15 is 0 Å². The van der Waals surface area contributed by atoms with Crippen molar-refractivity contribution in [3.63, 3.8) is 0 Å². The fraction of sp³-hybridized carbons (Fsp3) is 0.851. The van der Waals surface area contributed by atoms with Crippen molar-refractivity contribution in [1.29, 1.82) is 0 Å². The van der Waals surface area contributed by atoms with Crippen molar-refractivity contribution < 1.29 is 9.53 Å². The first kappa shape index (κ1) is 40.5. The molecule has 0 aliphatic heterocycles. The van der Waals surface area contributed by atoms with E-state index in [0.717, 1.165) is 67.6 Å². The molecule has 4 aliphatic carbocycles. The highest BCUT2D eigenvalue weighted by molar-refractivity contribution is 5.69. The molecule has 2 heteroatoms. The molecule has 0 aromatic carbocycles. The predicted octanol–water partition coefficient (Wildman–Crippen LogP) is 14.5. The van der Waals surface area contributed by atoms with Crippen LogP contribution in [0.15, 0.2) is 36.0 Å². The molecule has 280 valence electrons. The molecule has 3 saturated carbocycles. The summed E-state index contributed by atoms with van der Waals surface area (Å²) in [7, 11) is 0. The van der Waals surface area contributed by atoms with Crippen LogP contribution in [0.25, 0.3) is 0 Å². The molecule has 0 radical (unpaired) electrons. The van der Waals surface area contributed by atoms with Gasteiger partial charge in [-0.05, 0) is 130 Å². The van der Waals surface area contributed by atoms with Crippen LogP contribution in [0.1, 0.15) is 202 Å². The largest absolute Gasteiger partial charge is 0.462 e. The molecule has 3 fully saturated rings. The van der Waals surface area contributed by atoms with Gasteiger partial charge in [-0.15, -0.1) is 0 Å². The minimum absolute atomic E-state index is 0.0541. The second kappa shape index (κ2) is 20.7. The Balaban J connectivity index is 1.09. The molecule has 0 aromatic rings. The van der Waals surface area contributed by atoms with Gasteiger partial charge in [0.25, 0.3) is 0 Å². The number of fused-ring (bicyclic) bond motifs is 5. The Labute approximate surface area is 305 Å². The van der Waals surface area contributed by atoms with Gasteiger partial charge in [0.05, 0.1) is 0 Å². The average Bonchev–Trinajstić information content (AvgIpc) is 3.43. The van der Waals surface area contributed by atoms with E-state index in [0.29, 0.717) is 17.3 Å². The Bertz CT molecular complexity index is 1050. The van der Waals surface area contributed by atoms with Crippen molar-refractivity contribution in [1.82, 2.24) is 0 Å². The summed E-state index contributed by atoms with van der Waals surface area (Å²) in [6.45, 7) is 14.9. The second-order valence-corrected chi connectivity index (χ2v) is 18.3. The smallest absolute Gasteiger partial charge is 0.306 e. The minimum Gasteiger partial charge on any atom is -0.462 e. The van der Waals surface area contributed by atoms with Gasteiger partial charge in [-0.1, -0.05) is 142 Å². The first-order valence-corrected chi connectivity index (χ1v) is 21.9. The maximum Gasteiger partial charge on any atom is 0.306 e. The van der Waals surface area contributed by atoms with Gasteiger partial charge >= 0.3 is 5.97 Å². The molecule has 4 aliphatic rings. The average molecular weight is 677 g/mol. The summed E-state index contributed by atoms with van der Waals surface area (Å²) in [4.78, 5) is 12.8. The van der Waals surface area contributed by atoms with Crippen LogP contribution in [0.2, 0.25) is 0 Å². The fourth-order valence-electron chi connectivity index (χ4n) is 11.4. The lowest BCUT2D eigenvalue weighted by atomic mass is 9.47. The molecule has 0 spiro atoms. The third-order valence-electron chi connectivity index (χ3n) is 14.4. The van der Waals surface area contributed by atoms with E-state index in [9.17, 15) is 4.79 Å². The Morgan fingerprint density at radius 3 is 2.20 bits per heavy atom. The van der Waals surface area contributed by atoms with Gasteiger partial charge in [0.1, 0.15) is 6.10 Å². The van der Waals surface area contributed by atoms with Crippen LogP contribution in [0.5, 0.6) is 0 Å². The molecule has 8 atom stereocenters. The normalized spacial score (nSPS) is 31.9. The van der Waals surface area contributed by atoms with Crippen LogP contribution < -0.4 is 0 Å². The Kier molecular flexibility index (Phi) is 17.1. The highest BCUT2D eigenvalue weighted by Gasteiger charge is 2.59. The Morgan fingerprint density at radius 1 is 0.796 bits per heavy atom. The number of allylic oxidation sites excluding steroid dienone is 5. The zero-order chi connectivity index (χ0) is 35.1. The number of esters is 1. The quantitative estimate of drug-likeness (QED) is 0.0648. The topological polar surface area (TPSA) is 26.3 Å². The zero-order valence-electron chi connectivity index (χ0n) is 33.4. The van der Waals surface area contributed by atoms with Crippen molar-refractivity contribution in [2.45, 2.75) is 208 Å². The summed E-state index contributed by atoms with van der Waals surface area (Å²) < 4.78 is 6.13. The van der Waals surface area contributed by atoms with Gasteiger partial charge in [-0.2, -0.15) is 0 Å². The van der Waals surface area contributed by atoms with Crippen LogP contribution in [0.4, 0.5) is 0 Å². The van der Waals surface area contributed by atoms with Gasteiger partial charge < -0.3 is 4.74 Å². The first-order chi connectivity index (χ1) is 23.7.